The maximum atomic E-state index is 12.8. The molecule has 2 aliphatic heterocycles. The van der Waals surface area contributed by atoms with Crippen molar-refractivity contribution < 1.29 is 4.79 Å². The lowest BCUT2D eigenvalue weighted by Crippen LogP contribution is -2.35. The molecule has 7 heteroatoms. The average Bonchev–Trinajstić information content (AvgIpc) is 3.26. The highest BCUT2D eigenvalue weighted by molar-refractivity contribution is 8.26. The Morgan fingerprint density at radius 1 is 1.16 bits per heavy atom. The molecular weight excluding hydrogens is 406 g/mol. The van der Waals surface area contributed by atoms with Crippen LogP contribution in [-0.4, -0.2) is 31.5 Å². The molecule has 0 atom stereocenters. The number of hydrogen-bond donors (Lipinski definition) is 1. The van der Waals surface area contributed by atoms with Gasteiger partial charge < -0.3 is 4.57 Å². The van der Waals surface area contributed by atoms with Crippen LogP contribution < -0.4 is 0 Å². The molecule has 3 heterocycles. The molecule has 0 radical (unpaired) electrons. The van der Waals surface area contributed by atoms with Crippen molar-refractivity contribution in [2.75, 3.05) is 0 Å². The summed E-state index contributed by atoms with van der Waals surface area (Å²) in [6, 6.07) is 10.3. The Kier molecular flexibility index (Phi) is 5.96. The molecule has 160 valence electrons. The van der Waals surface area contributed by atoms with Crippen molar-refractivity contribution in [1.82, 2.24) is 9.58 Å². The molecule has 0 bridgehead atoms. The van der Waals surface area contributed by atoms with Gasteiger partial charge in [-0.1, -0.05) is 38.0 Å². The zero-order valence-electron chi connectivity index (χ0n) is 18.4. The molecule has 1 aromatic heterocycles. The number of para-hydroxylation sites is 1. The first-order chi connectivity index (χ1) is 14.9. The van der Waals surface area contributed by atoms with Gasteiger partial charge in [0.1, 0.15) is 5.04 Å². The summed E-state index contributed by atoms with van der Waals surface area (Å²) in [5.74, 6) is -0.289. The van der Waals surface area contributed by atoms with Crippen molar-refractivity contribution in [2.24, 2.45) is 10.1 Å². The molecule has 4 rings (SSSR count). The van der Waals surface area contributed by atoms with Crippen molar-refractivity contribution in [3.05, 3.63) is 58.4 Å². The van der Waals surface area contributed by atoms with E-state index in [0.29, 0.717) is 5.17 Å². The van der Waals surface area contributed by atoms with E-state index in [4.69, 9.17) is 5.41 Å². The highest BCUT2D eigenvalue weighted by Gasteiger charge is 2.35. The van der Waals surface area contributed by atoms with Crippen molar-refractivity contribution in [2.45, 2.75) is 53.4 Å². The summed E-state index contributed by atoms with van der Waals surface area (Å²) in [5, 5.41) is 16.1. The second-order valence-corrected chi connectivity index (χ2v) is 8.96. The standard InChI is InChI=1S/C24H27N5OS/c1-5-6-7-12-21-27-29-22(25)19(23(30)26-24(29)31-21)14-18-13-16(3)28(17(18)4)20-11-9-8-10-15(20)2/h8-11,13-14,25H,5-7,12H2,1-4H3/b19-14-,25-22?. The maximum Gasteiger partial charge on any atom is 0.283 e. The number of amidine groups is 2. The predicted molar refractivity (Wildman–Crippen MR) is 129 cm³/mol. The van der Waals surface area contributed by atoms with Crippen LogP contribution in [0.15, 0.2) is 46.0 Å². The predicted octanol–water partition coefficient (Wildman–Crippen LogP) is 5.60. The Hall–Kier alpha value is -2.93. The molecule has 0 spiro atoms. The summed E-state index contributed by atoms with van der Waals surface area (Å²) >= 11 is 1.40. The smallest absolute Gasteiger partial charge is 0.283 e. The van der Waals surface area contributed by atoms with Crippen molar-refractivity contribution in [3.63, 3.8) is 0 Å². The quantitative estimate of drug-likeness (QED) is 0.476. The molecule has 0 saturated heterocycles. The number of hydrazone groups is 1. The summed E-state index contributed by atoms with van der Waals surface area (Å²) < 4.78 is 2.18. The molecule has 1 amide bonds. The third-order valence-electron chi connectivity index (χ3n) is 5.62. The van der Waals surface area contributed by atoms with E-state index in [0.717, 1.165) is 53.4 Å². The van der Waals surface area contributed by atoms with Crippen molar-refractivity contribution in [1.29, 1.82) is 5.41 Å². The average molecular weight is 434 g/mol. The number of amides is 1. The van der Waals surface area contributed by atoms with Gasteiger partial charge in [0.15, 0.2) is 5.84 Å². The number of aliphatic imine (C=N–C) groups is 1. The summed E-state index contributed by atoms with van der Waals surface area (Å²) in [6.45, 7) is 8.34. The zero-order valence-corrected chi connectivity index (χ0v) is 19.2. The van der Waals surface area contributed by atoms with Crippen LogP contribution in [0.2, 0.25) is 0 Å². The topological polar surface area (TPSA) is 73.8 Å². The minimum Gasteiger partial charge on any atom is -0.318 e. The van der Waals surface area contributed by atoms with E-state index in [2.05, 4.69) is 47.6 Å². The SMILES string of the molecule is CCCCCC1=NN2C(=N)/C(=C/c3cc(C)n(-c4ccccc4C)c3C)C(=O)N=C2S1. The highest BCUT2D eigenvalue weighted by atomic mass is 32.2. The zero-order chi connectivity index (χ0) is 22.1. The summed E-state index contributed by atoms with van der Waals surface area (Å²) in [6.07, 6.45) is 5.97. The highest BCUT2D eigenvalue weighted by Crippen LogP contribution is 2.31. The maximum absolute atomic E-state index is 12.8. The Labute approximate surface area is 187 Å². The lowest BCUT2D eigenvalue weighted by atomic mass is 10.1. The fourth-order valence-electron chi connectivity index (χ4n) is 3.93. The second kappa shape index (κ2) is 8.67. The number of fused-ring (bicyclic) bond motifs is 1. The first kappa shape index (κ1) is 21.3. The van der Waals surface area contributed by atoms with Gasteiger partial charge in [-0.25, -0.2) is 0 Å². The van der Waals surface area contributed by atoms with E-state index < -0.39 is 0 Å². The van der Waals surface area contributed by atoms with Gasteiger partial charge in [-0.2, -0.15) is 15.1 Å². The minimum absolute atomic E-state index is 0.0914. The Morgan fingerprint density at radius 2 is 1.94 bits per heavy atom. The molecule has 31 heavy (non-hydrogen) atoms. The van der Waals surface area contributed by atoms with Crippen LogP contribution in [0, 0.1) is 26.2 Å². The lowest BCUT2D eigenvalue weighted by Gasteiger charge is -2.20. The summed E-state index contributed by atoms with van der Waals surface area (Å²) in [7, 11) is 0. The van der Waals surface area contributed by atoms with Gasteiger partial charge in [0, 0.05) is 17.1 Å². The molecule has 1 aromatic carbocycles. The number of hydrogen-bond acceptors (Lipinski definition) is 4. The van der Waals surface area contributed by atoms with Crippen LogP contribution in [0.5, 0.6) is 0 Å². The Balaban J connectivity index is 1.66. The molecule has 0 aliphatic carbocycles. The van der Waals surface area contributed by atoms with Gasteiger partial charge in [0.05, 0.1) is 5.57 Å². The van der Waals surface area contributed by atoms with E-state index in [1.807, 2.05) is 25.1 Å². The number of benzene rings is 1. The molecular formula is C24H27N5OS. The van der Waals surface area contributed by atoms with Crippen LogP contribution in [0.25, 0.3) is 11.8 Å². The summed E-state index contributed by atoms with van der Waals surface area (Å²) in [4.78, 5) is 17.0. The second-order valence-electron chi connectivity index (χ2n) is 7.92. The van der Waals surface area contributed by atoms with E-state index in [1.165, 1.54) is 22.3 Å². The molecule has 0 saturated carbocycles. The number of aryl methyl sites for hydroxylation is 2. The summed E-state index contributed by atoms with van der Waals surface area (Å²) in [5.41, 5.74) is 5.57. The third-order valence-corrected chi connectivity index (χ3v) is 6.59. The van der Waals surface area contributed by atoms with Gasteiger partial charge in [-0.05, 0) is 74.7 Å². The minimum atomic E-state index is -0.380. The number of nitrogens with zero attached hydrogens (tertiary/aromatic N) is 4. The van der Waals surface area contributed by atoms with Gasteiger partial charge in [0.25, 0.3) is 5.91 Å². The number of carbonyl (C=O) groups is 1. The normalized spacial score (nSPS) is 17.3. The first-order valence-electron chi connectivity index (χ1n) is 10.6. The molecule has 0 unspecified atom stereocenters. The van der Waals surface area contributed by atoms with Crippen LogP contribution in [0.1, 0.15) is 55.1 Å². The number of nitrogens with one attached hydrogen (secondary N) is 1. The number of thioether (sulfide) groups is 1. The number of carbonyl (C=O) groups excluding carboxylic acids is 1. The van der Waals surface area contributed by atoms with Gasteiger partial charge in [-0.3, -0.25) is 10.2 Å². The number of rotatable bonds is 6. The molecule has 0 fully saturated rings. The molecule has 1 N–H and O–H groups in total. The van der Waals surface area contributed by atoms with Crippen LogP contribution in [-0.2, 0) is 4.79 Å². The van der Waals surface area contributed by atoms with Crippen LogP contribution in [0.4, 0.5) is 0 Å². The van der Waals surface area contributed by atoms with Gasteiger partial charge >= 0.3 is 0 Å². The largest absolute Gasteiger partial charge is 0.318 e. The van der Waals surface area contributed by atoms with Gasteiger partial charge in [-0.15, -0.1) is 0 Å². The molecule has 6 nitrogen and oxygen atoms in total. The first-order valence-corrected chi connectivity index (χ1v) is 11.5. The van der Waals surface area contributed by atoms with E-state index in [-0.39, 0.29) is 17.3 Å². The van der Waals surface area contributed by atoms with Crippen LogP contribution in [0.3, 0.4) is 0 Å². The van der Waals surface area contributed by atoms with E-state index in [1.54, 1.807) is 6.08 Å². The van der Waals surface area contributed by atoms with Crippen LogP contribution >= 0.6 is 11.8 Å². The van der Waals surface area contributed by atoms with E-state index >= 15 is 0 Å². The van der Waals surface area contributed by atoms with Gasteiger partial charge in [0.2, 0.25) is 5.17 Å². The number of unbranched alkanes of at least 4 members (excludes halogenated alkanes) is 2. The Bertz CT molecular complexity index is 1150. The number of aromatic nitrogens is 1. The van der Waals surface area contributed by atoms with Crippen molar-refractivity contribution >= 4 is 39.8 Å². The molecule has 2 aromatic rings. The van der Waals surface area contributed by atoms with Crippen molar-refractivity contribution in [3.8, 4) is 5.69 Å². The monoisotopic (exact) mass is 433 g/mol. The fourth-order valence-corrected chi connectivity index (χ4v) is 4.86. The third kappa shape index (κ3) is 4.02. The molecule has 2 aliphatic rings. The Morgan fingerprint density at radius 3 is 2.68 bits per heavy atom. The lowest BCUT2D eigenvalue weighted by molar-refractivity contribution is -0.114. The fraction of sp³-hybridized carbons (Fsp3) is 0.333. The van der Waals surface area contributed by atoms with E-state index in [9.17, 15) is 4.79 Å².